The average molecular weight is 375 g/mol. The number of carbonyl (C=O) groups is 1. The lowest BCUT2D eigenvalue weighted by atomic mass is 10.1. The highest BCUT2D eigenvalue weighted by Gasteiger charge is 2.32. The van der Waals surface area contributed by atoms with E-state index < -0.39 is 18.2 Å². The molecule has 0 unspecified atom stereocenters. The van der Waals surface area contributed by atoms with Crippen LogP contribution in [0.3, 0.4) is 0 Å². The molecule has 18 heavy (non-hydrogen) atoms. The van der Waals surface area contributed by atoms with Crippen molar-refractivity contribution in [1.82, 2.24) is 4.98 Å². The van der Waals surface area contributed by atoms with Gasteiger partial charge in [-0.2, -0.15) is 0 Å². The average Bonchev–Trinajstić information content (AvgIpc) is 2.23. The van der Waals surface area contributed by atoms with E-state index in [2.05, 4.69) is 14.5 Å². The SMILES string of the molecule is COC(=O)Cc1cc(C)c(OC(F)(F)F)nc1I. The molecule has 0 fully saturated rings. The molecule has 1 rings (SSSR count). The van der Waals surface area contributed by atoms with Crippen molar-refractivity contribution < 1.29 is 27.4 Å². The number of carbonyl (C=O) groups excluding carboxylic acids is 1. The van der Waals surface area contributed by atoms with Crippen LogP contribution in [0.15, 0.2) is 6.07 Å². The molecule has 1 heterocycles. The fourth-order valence-electron chi connectivity index (χ4n) is 1.20. The minimum Gasteiger partial charge on any atom is -0.469 e. The molecule has 0 aromatic carbocycles. The molecule has 0 aliphatic rings. The minimum atomic E-state index is -4.79. The summed E-state index contributed by atoms with van der Waals surface area (Å²) >= 11 is 1.74. The molecule has 0 amide bonds. The van der Waals surface area contributed by atoms with Crippen molar-refractivity contribution in [2.75, 3.05) is 7.11 Å². The summed E-state index contributed by atoms with van der Waals surface area (Å²) in [6.45, 7) is 1.42. The van der Waals surface area contributed by atoms with Gasteiger partial charge in [-0.1, -0.05) is 0 Å². The Morgan fingerprint density at radius 1 is 1.50 bits per heavy atom. The van der Waals surface area contributed by atoms with Crippen LogP contribution < -0.4 is 4.74 Å². The summed E-state index contributed by atoms with van der Waals surface area (Å²) in [4.78, 5) is 14.8. The molecule has 1 aromatic heterocycles. The molecular weight excluding hydrogens is 366 g/mol. The van der Waals surface area contributed by atoms with E-state index in [-0.39, 0.29) is 15.7 Å². The van der Waals surface area contributed by atoms with E-state index in [1.54, 1.807) is 22.6 Å². The van der Waals surface area contributed by atoms with Crippen LogP contribution in [0.2, 0.25) is 0 Å². The Kier molecular flexibility index (Phi) is 4.77. The normalized spacial score (nSPS) is 11.2. The van der Waals surface area contributed by atoms with Crippen LogP contribution in [-0.2, 0) is 16.0 Å². The first-order valence-corrected chi connectivity index (χ1v) is 5.79. The zero-order chi connectivity index (χ0) is 13.9. The van der Waals surface area contributed by atoms with Crippen LogP contribution in [0.4, 0.5) is 13.2 Å². The van der Waals surface area contributed by atoms with Gasteiger partial charge in [0.1, 0.15) is 3.70 Å². The zero-order valence-corrected chi connectivity index (χ0v) is 11.6. The van der Waals surface area contributed by atoms with Gasteiger partial charge < -0.3 is 9.47 Å². The van der Waals surface area contributed by atoms with Gasteiger partial charge in [-0.3, -0.25) is 4.79 Å². The van der Waals surface area contributed by atoms with Crippen molar-refractivity contribution in [2.45, 2.75) is 19.7 Å². The fourth-order valence-corrected chi connectivity index (χ4v) is 1.76. The quantitative estimate of drug-likeness (QED) is 0.463. The summed E-state index contributed by atoms with van der Waals surface area (Å²) < 4.78 is 44.8. The molecule has 0 atom stereocenters. The lowest BCUT2D eigenvalue weighted by Gasteiger charge is -2.12. The standard InChI is InChI=1S/C10H9F3INO3/c1-5-3-6(4-7(16)17-2)8(14)15-9(5)18-10(11,12)13/h3H,4H2,1-2H3. The first kappa shape index (κ1) is 15.0. The van der Waals surface area contributed by atoms with Gasteiger partial charge >= 0.3 is 12.3 Å². The molecule has 100 valence electrons. The zero-order valence-electron chi connectivity index (χ0n) is 9.47. The van der Waals surface area contributed by atoms with Gasteiger partial charge in [0.15, 0.2) is 0 Å². The number of hydrogen-bond acceptors (Lipinski definition) is 4. The molecule has 0 spiro atoms. The van der Waals surface area contributed by atoms with Gasteiger partial charge in [-0.15, -0.1) is 13.2 Å². The van der Waals surface area contributed by atoms with Gasteiger partial charge in [0.2, 0.25) is 5.88 Å². The Labute approximate surface area is 115 Å². The van der Waals surface area contributed by atoms with Gasteiger partial charge in [0.05, 0.1) is 13.5 Å². The van der Waals surface area contributed by atoms with Gasteiger partial charge in [-0.25, -0.2) is 4.98 Å². The van der Waals surface area contributed by atoms with E-state index >= 15 is 0 Å². The van der Waals surface area contributed by atoms with Crippen LogP contribution in [0.1, 0.15) is 11.1 Å². The third kappa shape index (κ3) is 4.31. The third-order valence-electron chi connectivity index (χ3n) is 1.97. The van der Waals surface area contributed by atoms with Gasteiger partial charge in [-0.05, 0) is 41.1 Å². The fraction of sp³-hybridized carbons (Fsp3) is 0.400. The molecule has 0 bridgehead atoms. The Hall–Kier alpha value is -1.06. The van der Waals surface area contributed by atoms with E-state index in [9.17, 15) is 18.0 Å². The Bertz CT molecular complexity index is 462. The molecular formula is C10H9F3INO3. The molecule has 1 aromatic rings. The van der Waals surface area contributed by atoms with Crippen molar-refractivity contribution >= 4 is 28.6 Å². The molecule has 4 nitrogen and oxygen atoms in total. The topological polar surface area (TPSA) is 48.4 Å². The highest BCUT2D eigenvalue weighted by Crippen LogP contribution is 2.26. The number of aromatic nitrogens is 1. The molecule has 0 saturated carbocycles. The van der Waals surface area contributed by atoms with E-state index in [1.807, 2.05) is 0 Å². The van der Waals surface area contributed by atoms with Crippen LogP contribution in [-0.4, -0.2) is 24.4 Å². The number of methoxy groups -OCH3 is 1. The Balaban J connectivity index is 3.01. The van der Waals surface area contributed by atoms with E-state index in [1.165, 1.54) is 20.1 Å². The number of pyridine rings is 1. The maximum absolute atomic E-state index is 12.1. The molecule has 0 aliphatic carbocycles. The number of halogens is 4. The van der Waals surface area contributed by atoms with Crippen molar-refractivity contribution in [2.24, 2.45) is 0 Å². The second-order valence-electron chi connectivity index (χ2n) is 3.36. The summed E-state index contributed by atoms with van der Waals surface area (Å²) in [7, 11) is 1.23. The summed E-state index contributed by atoms with van der Waals surface area (Å²) in [6.07, 6.45) is -4.83. The molecule has 0 radical (unpaired) electrons. The summed E-state index contributed by atoms with van der Waals surface area (Å²) in [5.74, 6) is -1.00. The molecule has 0 aliphatic heterocycles. The van der Waals surface area contributed by atoms with Crippen LogP contribution in [0, 0.1) is 10.6 Å². The van der Waals surface area contributed by atoms with Crippen LogP contribution >= 0.6 is 22.6 Å². The molecule has 0 N–H and O–H groups in total. The van der Waals surface area contributed by atoms with Crippen molar-refractivity contribution in [3.05, 3.63) is 20.9 Å². The minimum absolute atomic E-state index is 0.0467. The summed E-state index contributed by atoms with van der Waals surface area (Å²) in [5, 5.41) is 0. The second-order valence-corrected chi connectivity index (χ2v) is 4.38. The number of esters is 1. The maximum atomic E-state index is 12.1. The number of hydrogen-bond donors (Lipinski definition) is 0. The largest absolute Gasteiger partial charge is 0.574 e. The third-order valence-corrected chi connectivity index (χ3v) is 2.90. The first-order valence-electron chi connectivity index (χ1n) is 4.71. The number of aryl methyl sites for hydroxylation is 1. The summed E-state index contributed by atoms with van der Waals surface area (Å²) in [6, 6.07) is 1.42. The second kappa shape index (κ2) is 5.72. The lowest BCUT2D eigenvalue weighted by molar-refractivity contribution is -0.276. The number of ether oxygens (including phenoxy) is 2. The Morgan fingerprint density at radius 3 is 2.61 bits per heavy atom. The lowest BCUT2D eigenvalue weighted by Crippen LogP contribution is -2.19. The van der Waals surface area contributed by atoms with Crippen molar-refractivity contribution in [3.8, 4) is 5.88 Å². The number of alkyl halides is 3. The van der Waals surface area contributed by atoms with E-state index in [0.717, 1.165) is 0 Å². The van der Waals surface area contributed by atoms with Crippen molar-refractivity contribution in [3.63, 3.8) is 0 Å². The maximum Gasteiger partial charge on any atom is 0.574 e. The first-order chi connectivity index (χ1) is 8.23. The van der Waals surface area contributed by atoms with Gasteiger partial charge in [0.25, 0.3) is 0 Å². The van der Waals surface area contributed by atoms with E-state index in [4.69, 9.17) is 0 Å². The summed E-state index contributed by atoms with van der Waals surface area (Å²) in [5.41, 5.74) is 0.695. The smallest absolute Gasteiger partial charge is 0.469 e. The van der Waals surface area contributed by atoms with Crippen molar-refractivity contribution in [1.29, 1.82) is 0 Å². The Morgan fingerprint density at radius 2 is 2.11 bits per heavy atom. The number of nitrogens with zero attached hydrogens (tertiary/aromatic N) is 1. The molecule has 0 saturated heterocycles. The van der Waals surface area contributed by atoms with E-state index in [0.29, 0.717) is 5.56 Å². The molecule has 8 heteroatoms. The highest BCUT2D eigenvalue weighted by atomic mass is 127. The van der Waals surface area contributed by atoms with Crippen LogP contribution in [0.5, 0.6) is 5.88 Å². The highest BCUT2D eigenvalue weighted by molar-refractivity contribution is 14.1. The predicted molar refractivity (Wildman–Crippen MR) is 64.1 cm³/mol. The predicted octanol–water partition coefficient (Wildman–Crippen LogP) is 2.61. The van der Waals surface area contributed by atoms with Crippen LogP contribution in [0.25, 0.3) is 0 Å². The van der Waals surface area contributed by atoms with Gasteiger partial charge in [0, 0.05) is 5.56 Å². The number of rotatable bonds is 3. The monoisotopic (exact) mass is 375 g/mol.